The number of rotatable bonds is 0. The molecule has 11 heavy (non-hydrogen) atoms. The van der Waals surface area contributed by atoms with Gasteiger partial charge in [-0.1, -0.05) is 24.3 Å². The third kappa shape index (κ3) is 0.902. The van der Waals surface area contributed by atoms with Gasteiger partial charge in [-0.2, -0.15) is 0 Å². The van der Waals surface area contributed by atoms with Crippen molar-refractivity contribution >= 4 is 10.9 Å². The van der Waals surface area contributed by atoms with E-state index in [1.807, 2.05) is 6.07 Å². The van der Waals surface area contributed by atoms with Gasteiger partial charge in [0, 0.05) is 6.33 Å². The number of fused-ring (bicyclic) bond motifs is 1. The monoisotopic (exact) mass is 144 g/mol. The predicted molar refractivity (Wildman–Crippen MR) is 37.8 cm³/mol. The van der Waals surface area contributed by atoms with Gasteiger partial charge in [0.25, 0.3) is 0 Å². The highest BCUT2D eigenvalue weighted by Gasteiger charge is 1.81. The minimum Gasteiger partial charge on any atom is -0.915 e. The van der Waals surface area contributed by atoms with Gasteiger partial charge >= 0.3 is 0 Å². The van der Waals surface area contributed by atoms with Gasteiger partial charge in [-0.15, -0.1) is 11.3 Å². The van der Waals surface area contributed by atoms with Crippen LogP contribution in [0.15, 0.2) is 24.3 Å². The molecule has 0 N–H and O–H groups in total. The second kappa shape index (κ2) is 2.20. The van der Waals surface area contributed by atoms with Gasteiger partial charge in [-0.05, 0) is 5.52 Å². The first-order valence-electron chi connectivity index (χ1n) is 3.18. The van der Waals surface area contributed by atoms with Crippen LogP contribution in [0.5, 0.6) is 5.88 Å². The fraction of sp³-hybridized carbons (Fsp3) is 0. The van der Waals surface area contributed by atoms with Crippen LogP contribution in [0.3, 0.4) is 0 Å². The van der Waals surface area contributed by atoms with E-state index in [0.717, 1.165) is 0 Å². The van der Waals surface area contributed by atoms with Crippen LogP contribution in [0.4, 0.5) is 0 Å². The highest BCUT2D eigenvalue weighted by atomic mass is 16.3. The van der Waals surface area contributed by atoms with Crippen LogP contribution in [0.1, 0.15) is 0 Å². The van der Waals surface area contributed by atoms with E-state index in [2.05, 4.69) is 16.3 Å². The number of benzene rings is 1. The zero-order valence-electron chi connectivity index (χ0n) is 5.61. The molecule has 0 amide bonds. The summed E-state index contributed by atoms with van der Waals surface area (Å²) in [5.74, 6) is -0.268. The molecule has 0 saturated heterocycles. The fourth-order valence-electron chi connectivity index (χ4n) is 0.936. The molecule has 1 aromatic carbocycles. The van der Waals surface area contributed by atoms with Crippen molar-refractivity contribution in [3.8, 4) is 5.88 Å². The quantitative estimate of drug-likeness (QED) is 0.506. The molecule has 2 aromatic rings. The van der Waals surface area contributed by atoms with Gasteiger partial charge in [0.05, 0.1) is 0 Å². The number of hydrogen-bond donors (Lipinski definition) is 0. The summed E-state index contributed by atoms with van der Waals surface area (Å²) in [6, 6.07) is 7.07. The van der Waals surface area contributed by atoms with Gasteiger partial charge < -0.3 is 15.1 Å². The molecule has 3 nitrogen and oxygen atoms in total. The standard InChI is InChI=1S/C8H5N2O/c11-8-6-3-1-2-4-7(6)9-5-10-8/h1-4H,(H,9,10,11)/q-1/p-1. The third-order valence-electron chi connectivity index (χ3n) is 1.46. The SMILES string of the molecule is [O-]c1n[c-]nc2ccccc12. The number of aromatic nitrogens is 2. The van der Waals surface area contributed by atoms with E-state index in [4.69, 9.17) is 0 Å². The zero-order valence-corrected chi connectivity index (χ0v) is 5.61. The predicted octanol–water partition coefficient (Wildman–Crippen LogP) is 0.504. The molecule has 0 aliphatic carbocycles. The number of para-hydroxylation sites is 1. The average molecular weight is 144 g/mol. The van der Waals surface area contributed by atoms with Crippen LogP contribution in [-0.2, 0) is 0 Å². The highest BCUT2D eigenvalue weighted by molar-refractivity contribution is 5.82. The van der Waals surface area contributed by atoms with Crippen LogP contribution in [0, 0.1) is 6.33 Å². The van der Waals surface area contributed by atoms with Crippen molar-refractivity contribution in [2.45, 2.75) is 0 Å². The topological polar surface area (TPSA) is 48.8 Å². The maximum Gasteiger partial charge on any atom is 0.0209 e. The minimum absolute atomic E-state index is 0.268. The lowest BCUT2D eigenvalue weighted by molar-refractivity contribution is -0.272. The van der Waals surface area contributed by atoms with Crippen molar-refractivity contribution in [1.29, 1.82) is 0 Å². The van der Waals surface area contributed by atoms with E-state index in [0.29, 0.717) is 10.9 Å². The smallest absolute Gasteiger partial charge is 0.0209 e. The lowest BCUT2D eigenvalue weighted by atomic mass is 10.2. The van der Waals surface area contributed by atoms with E-state index in [1.165, 1.54) is 0 Å². The van der Waals surface area contributed by atoms with Gasteiger partial charge in [-0.3, -0.25) is 0 Å². The molecule has 0 atom stereocenters. The van der Waals surface area contributed by atoms with E-state index < -0.39 is 0 Å². The molecule has 0 aliphatic rings. The molecule has 1 aromatic heterocycles. The average Bonchev–Trinajstić information content (AvgIpc) is 2.06. The Morgan fingerprint density at radius 3 is 2.82 bits per heavy atom. The summed E-state index contributed by atoms with van der Waals surface area (Å²) in [5, 5.41) is 11.5. The molecule has 2 rings (SSSR count). The Labute approximate surface area is 63.3 Å². The van der Waals surface area contributed by atoms with Gasteiger partial charge in [0.15, 0.2) is 0 Å². The fourth-order valence-corrected chi connectivity index (χ4v) is 0.936. The van der Waals surface area contributed by atoms with Crippen molar-refractivity contribution in [2.24, 2.45) is 0 Å². The van der Waals surface area contributed by atoms with Gasteiger partial charge in [-0.25, -0.2) is 0 Å². The molecular formula is C8H4N2O-2. The largest absolute Gasteiger partial charge is 0.915 e. The number of hydrogen-bond acceptors (Lipinski definition) is 3. The second-order valence-corrected chi connectivity index (χ2v) is 2.15. The Morgan fingerprint density at radius 2 is 2.00 bits per heavy atom. The van der Waals surface area contributed by atoms with E-state index >= 15 is 0 Å². The molecule has 0 aliphatic heterocycles. The molecule has 0 radical (unpaired) electrons. The lowest BCUT2D eigenvalue weighted by Crippen LogP contribution is -1.95. The third-order valence-corrected chi connectivity index (χ3v) is 1.46. The van der Waals surface area contributed by atoms with Gasteiger partial charge in [0.1, 0.15) is 0 Å². The number of nitrogens with zero attached hydrogens (tertiary/aromatic N) is 2. The van der Waals surface area contributed by atoms with Crippen LogP contribution in [-0.4, -0.2) is 9.97 Å². The molecular weight excluding hydrogens is 140 g/mol. The molecule has 0 fully saturated rings. The summed E-state index contributed by atoms with van der Waals surface area (Å²) in [6.45, 7) is 0. The maximum absolute atomic E-state index is 11.0. The van der Waals surface area contributed by atoms with Crippen LogP contribution in [0.2, 0.25) is 0 Å². The zero-order chi connectivity index (χ0) is 7.68. The van der Waals surface area contributed by atoms with E-state index in [9.17, 15) is 5.11 Å². The van der Waals surface area contributed by atoms with E-state index in [-0.39, 0.29) is 5.88 Å². The Bertz CT molecular complexity index is 381. The maximum atomic E-state index is 11.0. The normalized spacial score (nSPS) is 10.2. The molecule has 0 bridgehead atoms. The summed E-state index contributed by atoms with van der Waals surface area (Å²) < 4.78 is 0. The van der Waals surface area contributed by atoms with Crippen molar-refractivity contribution in [3.05, 3.63) is 30.6 Å². The first kappa shape index (κ1) is 6.09. The summed E-state index contributed by atoms with van der Waals surface area (Å²) in [5.41, 5.74) is 0.646. The van der Waals surface area contributed by atoms with Crippen molar-refractivity contribution in [1.82, 2.24) is 9.97 Å². The molecule has 0 saturated carbocycles. The molecule has 54 valence electrons. The first-order valence-corrected chi connectivity index (χ1v) is 3.18. The van der Waals surface area contributed by atoms with Crippen LogP contribution >= 0.6 is 0 Å². The summed E-state index contributed by atoms with van der Waals surface area (Å²) >= 11 is 0. The van der Waals surface area contributed by atoms with Crippen molar-refractivity contribution in [2.75, 3.05) is 0 Å². The first-order chi connectivity index (χ1) is 5.38. The lowest BCUT2D eigenvalue weighted by Gasteiger charge is -2.15. The molecule has 0 unspecified atom stereocenters. The highest BCUT2D eigenvalue weighted by Crippen LogP contribution is 2.15. The molecule has 3 heteroatoms. The summed E-state index contributed by atoms with van der Waals surface area (Å²) in [4.78, 5) is 7.22. The van der Waals surface area contributed by atoms with E-state index in [1.54, 1.807) is 18.2 Å². The summed E-state index contributed by atoms with van der Waals surface area (Å²) in [7, 11) is 0. The van der Waals surface area contributed by atoms with Crippen molar-refractivity contribution in [3.63, 3.8) is 0 Å². The molecule has 0 spiro atoms. The van der Waals surface area contributed by atoms with Crippen LogP contribution in [0.25, 0.3) is 10.9 Å². The Balaban J connectivity index is 2.91. The second-order valence-electron chi connectivity index (χ2n) is 2.15. The Morgan fingerprint density at radius 1 is 1.18 bits per heavy atom. The van der Waals surface area contributed by atoms with Crippen LogP contribution < -0.4 is 5.11 Å². The van der Waals surface area contributed by atoms with Crippen molar-refractivity contribution < 1.29 is 5.11 Å². The Hall–Kier alpha value is -1.64. The Kier molecular flexibility index (Phi) is 1.22. The minimum atomic E-state index is -0.268. The molecule has 1 heterocycles. The summed E-state index contributed by atoms with van der Waals surface area (Å²) in [6.07, 6.45) is 2.29. The van der Waals surface area contributed by atoms with Gasteiger partial charge in [0.2, 0.25) is 0 Å².